The first-order valence-electron chi connectivity index (χ1n) is 11.8. The second-order valence-corrected chi connectivity index (χ2v) is 8.78. The summed E-state index contributed by atoms with van der Waals surface area (Å²) in [5.74, 6) is -2.95. The number of aromatic nitrogens is 4. The van der Waals surface area contributed by atoms with E-state index in [2.05, 4.69) is 31.5 Å². The van der Waals surface area contributed by atoms with Crippen molar-refractivity contribution in [3.8, 4) is 5.69 Å². The van der Waals surface area contributed by atoms with E-state index in [-0.39, 0.29) is 12.0 Å². The molecule has 0 spiro atoms. The maximum absolute atomic E-state index is 13.1. The number of aromatic carboxylic acids is 1. The molecule has 0 aliphatic rings. The molecule has 3 amide bonds. The Bertz CT molecular complexity index is 1540. The highest BCUT2D eigenvalue weighted by molar-refractivity contribution is 6.30. The molecule has 1 heterocycles. The van der Waals surface area contributed by atoms with E-state index in [0.717, 1.165) is 0 Å². The lowest BCUT2D eigenvalue weighted by atomic mass is 10.1. The minimum Gasteiger partial charge on any atom is -0.478 e. The molecule has 0 saturated carbocycles. The molecule has 3 aromatic carbocycles. The fraction of sp³-hybridized carbons (Fsp3) is 0.0741. The molecule has 0 bridgehead atoms. The molecular weight excluding hydrogens is 538 g/mol. The summed E-state index contributed by atoms with van der Waals surface area (Å²) in [4.78, 5) is 49.8. The first-order valence-corrected chi connectivity index (χ1v) is 12.2. The third-order valence-electron chi connectivity index (χ3n) is 5.48. The van der Waals surface area contributed by atoms with Crippen molar-refractivity contribution in [1.82, 2.24) is 25.5 Å². The van der Waals surface area contributed by atoms with Crippen molar-refractivity contribution in [2.24, 2.45) is 0 Å². The van der Waals surface area contributed by atoms with Gasteiger partial charge in [-0.05, 0) is 71.1 Å². The van der Waals surface area contributed by atoms with Crippen molar-refractivity contribution in [3.05, 3.63) is 101 Å². The second kappa shape index (κ2) is 12.9. The van der Waals surface area contributed by atoms with Gasteiger partial charge >= 0.3 is 5.97 Å². The molecule has 4 aromatic rings. The van der Waals surface area contributed by atoms with Crippen LogP contribution in [-0.4, -0.2) is 55.0 Å². The molecule has 0 saturated heterocycles. The largest absolute Gasteiger partial charge is 0.478 e. The summed E-state index contributed by atoms with van der Waals surface area (Å²) < 4.78 is 1.40. The molecule has 0 aliphatic carbocycles. The molecule has 1 atom stereocenters. The zero-order valence-corrected chi connectivity index (χ0v) is 21.4. The van der Waals surface area contributed by atoms with Crippen LogP contribution < -0.4 is 16.0 Å². The predicted octanol–water partition coefficient (Wildman–Crippen LogP) is 3.18. The Kier molecular flexibility index (Phi) is 8.95. The minimum atomic E-state index is -1.27. The van der Waals surface area contributed by atoms with Crippen molar-refractivity contribution < 1.29 is 24.3 Å². The number of rotatable bonds is 10. The SMILES string of the molecule is O=C(C=Cc1cc(Cl)ccc1-n1cnnn1)N[C@@H](CC(=O)Nc1ccccc1)C(=O)Nc1ccc(C(=O)O)cc1. The van der Waals surface area contributed by atoms with E-state index in [1.807, 2.05) is 0 Å². The Morgan fingerprint density at radius 3 is 2.35 bits per heavy atom. The Balaban J connectivity index is 1.51. The Morgan fingerprint density at radius 2 is 1.68 bits per heavy atom. The summed E-state index contributed by atoms with van der Waals surface area (Å²) in [7, 11) is 0. The highest BCUT2D eigenvalue weighted by Gasteiger charge is 2.24. The number of para-hydroxylation sites is 1. The topological polar surface area (TPSA) is 168 Å². The van der Waals surface area contributed by atoms with E-state index in [1.165, 1.54) is 47.4 Å². The van der Waals surface area contributed by atoms with Gasteiger partial charge < -0.3 is 21.1 Å². The van der Waals surface area contributed by atoms with Gasteiger partial charge in [0.25, 0.3) is 0 Å². The van der Waals surface area contributed by atoms with E-state index in [4.69, 9.17) is 16.7 Å². The van der Waals surface area contributed by atoms with Gasteiger partial charge in [0.05, 0.1) is 17.7 Å². The number of tetrazole rings is 1. The number of hydrogen-bond donors (Lipinski definition) is 4. The molecule has 1 aromatic heterocycles. The summed E-state index contributed by atoms with van der Waals surface area (Å²) in [5, 5.41) is 28.4. The molecule has 0 aliphatic heterocycles. The Labute approximate surface area is 232 Å². The van der Waals surface area contributed by atoms with Gasteiger partial charge in [0, 0.05) is 28.0 Å². The standard InChI is InChI=1S/C27H22ClN7O5/c28-19-9-12-23(35-16-29-33-34-35)18(14-19)8-13-24(36)32-22(15-25(37)30-20-4-2-1-3-5-20)26(38)31-21-10-6-17(7-11-21)27(39)40/h1-14,16,22H,15H2,(H,30,37)(H,31,38)(H,32,36)(H,39,40)/t22-/m0/s1. The first kappa shape index (κ1) is 27.7. The predicted molar refractivity (Wildman–Crippen MR) is 147 cm³/mol. The molecule has 0 unspecified atom stereocenters. The number of carboxylic acids is 1. The highest BCUT2D eigenvalue weighted by Crippen LogP contribution is 2.20. The summed E-state index contributed by atoms with van der Waals surface area (Å²) in [6, 6.07) is 17.8. The van der Waals surface area contributed by atoms with Crippen LogP contribution in [0.2, 0.25) is 5.02 Å². The number of carbonyl (C=O) groups is 4. The average molecular weight is 560 g/mol. The zero-order chi connectivity index (χ0) is 28.5. The van der Waals surface area contributed by atoms with E-state index in [1.54, 1.807) is 48.5 Å². The lowest BCUT2D eigenvalue weighted by Gasteiger charge is -2.18. The molecule has 0 fully saturated rings. The van der Waals surface area contributed by atoms with Crippen LogP contribution in [0.25, 0.3) is 11.8 Å². The van der Waals surface area contributed by atoms with Gasteiger partial charge in [0.1, 0.15) is 12.4 Å². The minimum absolute atomic E-state index is 0.0392. The van der Waals surface area contributed by atoms with Gasteiger partial charge in [0.2, 0.25) is 17.7 Å². The maximum Gasteiger partial charge on any atom is 0.335 e. The third-order valence-corrected chi connectivity index (χ3v) is 5.71. The maximum atomic E-state index is 13.1. The van der Waals surface area contributed by atoms with Crippen LogP contribution in [0.15, 0.2) is 85.2 Å². The van der Waals surface area contributed by atoms with Gasteiger partial charge in [-0.2, -0.15) is 4.68 Å². The van der Waals surface area contributed by atoms with Crippen molar-refractivity contribution in [2.45, 2.75) is 12.5 Å². The normalized spacial score (nSPS) is 11.5. The summed E-state index contributed by atoms with van der Waals surface area (Å²) >= 11 is 6.12. The van der Waals surface area contributed by atoms with Gasteiger partial charge in [-0.15, -0.1) is 5.10 Å². The smallest absolute Gasteiger partial charge is 0.335 e. The first-order chi connectivity index (χ1) is 19.3. The fourth-order valence-corrected chi connectivity index (χ4v) is 3.76. The van der Waals surface area contributed by atoms with Crippen LogP contribution >= 0.6 is 11.6 Å². The van der Waals surface area contributed by atoms with E-state index in [0.29, 0.717) is 27.6 Å². The number of hydrogen-bond acceptors (Lipinski definition) is 7. The van der Waals surface area contributed by atoms with Crippen LogP contribution in [0.1, 0.15) is 22.3 Å². The molecular formula is C27H22ClN7O5. The molecule has 40 heavy (non-hydrogen) atoms. The number of carbonyl (C=O) groups excluding carboxylic acids is 3. The summed E-state index contributed by atoms with van der Waals surface area (Å²) in [6.45, 7) is 0. The number of carboxylic acid groups (broad SMARTS) is 1. The second-order valence-electron chi connectivity index (χ2n) is 8.34. The van der Waals surface area contributed by atoms with Crippen molar-refractivity contribution >= 4 is 52.7 Å². The molecule has 4 rings (SSSR count). The number of anilines is 2. The molecule has 4 N–H and O–H groups in total. The van der Waals surface area contributed by atoms with Crippen molar-refractivity contribution in [1.29, 1.82) is 0 Å². The van der Waals surface area contributed by atoms with Crippen molar-refractivity contribution in [3.63, 3.8) is 0 Å². The number of halogens is 1. The average Bonchev–Trinajstić information content (AvgIpc) is 3.47. The lowest BCUT2D eigenvalue weighted by molar-refractivity contribution is -0.126. The van der Waals surface area contributed by atoms with E-state index < -0.39 is 29.7 Å². The monoisotopic (exact) mass is 559 g/mol. The Morgan fingerprint density at radius 1 is 0.950 bits per heavy atom. The molecule has 12 nitrogen and oxygen atoms in total. The number of amides is 3. The van der Waals surface area contributed by atoms with Crippen LogP contribution in [-0.2, 0) is 14.4 Å². The third kappa shape index (κ3) is 7.58. The van der Waals surface area contributed by atoms with Crippen LogP contribution in [0, 0.1) is 0 Å². The molecule has 0 radical (unpaired) electrons. The number of nitrogens with zero attached hydrogens (tertiary/aromatic N) is 4. The highest BCUT2D eigenvalue weighted by atomic mass is 35.5. The Hall–Kier alpha value is -5.36. The number of benzene rings is 3. The van der Waals surface area contributed by atoms with Crippen LogP contribution in [0.4, 0.5) is 11.4 Å². The quantitative estimate of drug-likeness (QED) is 0.215. The molecule has 13 heteroatoms. The summed E-state index contributed by atoms with van der Waals surface area (Å²) in [6.07, 6.45) is 3.67. The van der Waals surface area contributed by atoms with Crippen molar-refractivity contribution in [2.75, 3.05) is 10.6 Å². The van der Waals surface area contributed by atoms with Crippen LogP contribution in [0.3, 0.4) is 0 Å². The fourth-order valence-electron chi connectivity index (χ4n) is 3.58. The number of nitrogens with one attached hydrogen (secondary N) is 3. The van der Waals surface area contributed by atoms with Gasteiger partial charge in [0.15, 0.2) is 0 Å². The van der Waals surface area contributed by atoms with E-state index in [9.17, 15) is 19.2 Å². The lowest BCUT2D eigenvalue weighted by Crippen LogP contribution is -2.45. The van der Waals surface area contributed by atoms with Gasteiger partial charge in [-0.25, -0.2) is 4.79 Å². The van der Waals surface area contributed by atoms with E-state index >= 15 is 0 Å². The van der Waals surface area contributed by atoms with Crippen LogP contribution in [0.5, 0.6) is 0 Å². The van der Waals surface area contributed by atoms with Gasteiger partial charge in [-0.3, -0.25) is 14.4 Å². The summed E-state index contributed by atoms with van der Waals surface area (Å²) in [5.41, 5.74) is 1.94. The zero-order valence-electron chi connectivity index (χ0n) is 20.7. The van der Waals surface area contributed by atoms with Gasteiger partial charge in [-0.1, -0.05) is 29.8 Å². The molecule has 202 valence electrons.